The van der Waals surface area contributed by atoms with Crippen LogP contribution in [0.2, 0.25) is 0 Å². The van der Waals surface area contributed by atoms with Crippen molar-refractivity contribution < 1.29 is 19.0 Å². The van der Waals surface area contributed by atoms with E-state index in [-0.39, 0.29) is 5.97 Å². The number of methoxy groups -OCH3 is 1. The van der Waals surface area contributed by atoms with Gasteiger partial charge in [-0.15, -0.1) is 11.8 Å². The van der Waals surface area contributed by atoms with Gasteiger partial charge in [-0.05, 0) is 31.4 Å². The maximum Gasteiger partial charge on any atom is 0.337 e. The number of ether oxygens (including phenoxy) is 3. The molecule has 0 atom stereocenters. The Bertz CT molecular complexity index is 393. The topological polar surface area (TPSA) is 44.8 Å². The Hall–Kier alpha value is -1.20. The Balaban J connectivity index is 2.75. The van der Waals surface area contributed by atoms with Crippen LogP contribution in [0, 0.1) is 0 Å². The molecule has 0 saturated carbocycles. The summed E-state index contributed by atoms with van der Waals surface area (Å²) in [7, 11) is 1.36. The van der Waals surface area contributed by atoms with Crippen molar-refractivity contribution in [2.24, 2.45) is 0 Å². The minimum atomic E-state index is -0.364. The van der Waals surface area contributed by atoms with Gasteiger partial charge >= 0.3 is 5.97 Å². The standard InChI is InChI=1S/C13H18O4S/c1-4-16-7-8-17-11-9-10(13(14)15-2)5-6-12(11)18-3/h5-6,9H,4,7-8H2,1-3H3. The highest BCUT2D eigenvalue weighted by Crippen LogP contribution is 2.28. The van der Waals surface area contributed by atoms with Gasteiger partial charge in [0.15, 0.2) is 0 Å². The zero-order valence-corrected chi connectivity index (χ0v) is 11.7. The maximum absolute atomic E-state index is 11.4. The Kier molecular flexibility index (Phi) is 6.60. The monoisotopic (exact) mass is 270 g/mol. The minimum absolute atomic E-state index is 0.364. The van der Waals surface area contributed by atoms with E-state index in [0.29, 0.717) is 31.1 Å². The van der Waals surface area contributed by atoms with Crippen molar-refractivity contribution in [1.29, 1.82) is 0 Å². The van der Waals surface area contributed by atoms with E-state index in [0.717, 1.165) is 4.90 Å². The number of rotatable bonds is 7. The molecule has 0 aliphatic heterocycles. The molecule has 0 aliphatic rings. The van der Waals surface area contributed by atoms with Crippen LogP contribution < -0.4 is 4.74 Å². The van der Waals surface area contributed by atoms with Crippen molar-refractivity contribution in [2.75, 3.05) is 33.2 Å². The first kappa shape index (κ1) is 14.9. The lowest BCUT2D eigenvalue weighted by atomic mass is 10.2. The van der Waals surface area contributed by atoms with Gasteiger partial charge in [0.2, 0.25) is 0 Å². The molecule has 1 rings (SSSR count). The summed E-state index contributed by atoms with van der Waals surface area (Å²) in [6.45, 7) is 3.60. The summed E-state index contributed by atoms with van der Waals surface area (Å²) in [5.74, 6) is 0.322. The Morgan fingerprint density at radius 3 is 2.72 bits per heavy atom. The molecular weight excluding hydrogens is 252 g/mol. The summed E-state index contributed by atoms with van der Waals surface area (Å²) >= 11 is 1.57. The number of hydrogen-bond acceptors (Lipinski definition) is 5. The highest BCUT2D eigenvalue weighted by molar-refractivity contribution is 7.98. The van der Waals surface area contributed by atoms with Gasteiger partial charge in [0.05, 0.1) is 19.3 Å². The van der Waals surface area contributed by atoms with Crippen molar-refractivity contribution >= 4 is 17.7 Å². The van der Waals surface area contributed by atoms with Crippen molar-refractivity contribution in [3.05, 3.63) is 23.8 Å². The third-order valence-corrected chi connectivity index (χ3v) is 3.05. The lowest BCUT2D eigenvalue weighted by Gasteiger charge is -2.11. The third kappa shape index (κ3) is 4.23. The number of benzene rings is 1. The van der Waals surface area contributed by atoms with Gasteiger partial charge in [-0.3, -0.25) is 0 Å². The molecule has 18 heavy (non-hydrogen) atoms. The van der Waals surface area contributed by atoms with E-state index in [4.69, 9.17) is 9.47 Å². The zero-order valence-electron chi connectivity index (χ0n) is 10.9. The van der Waals surface area contributed by atoms with Crippen LogP contribution in [0.5, 0.6) is 5.75 Å². The highest BCUT2D eigenvalue weighted by atomic mass is 32.2. The number of carbonyl (C=O) groups excluding carboxylic acids is 1. The molecule has 0 aromatic heterocycles. The molecular formula is C13H18O4S. The van der Waals surface area contributed by atoms with E-state index in [9.17, 15) is 4.79 Å². The van der Waals surface area contributed by atoms with Crippen LogP contribution in [0.25, 0.3) is 0 Å². The largest absolute Gasteiger partial charge is 0.490 e. The lowest BCUT2D eigenvalue weighted by molar-refractivity contribution is 0.0600. The van der Waals surface area contributed by atoms with E-state index in [1.807, 2.05) is 19.2 Å². The highest BCUT2D eigenvalue weighted by Gasteiger charge is 2.10. The quantitative estimate of drug-likeness (QED) is 0.433. The van der Waals surface area contributed by atoms with Crippen LogP contribution >= 0.6 is 11.8 Å². The molecule has 4 nitrogen and oxygen atoms in total. The predicted molar refractivity (Wildman–Crippen MR) is 71.6 cm³/mol. The Morgan fingerprint density at radius 1 is 1.33 bits per heavy atom. The minimum Gasteiger partial charge on any atom is -0.490 e. The number of thioether (sulfide) groups is 1. The summed E-state index contributed by atoms with van der Waals surface area (Å²) in [6, 6.07) is 5.28. The molecule has 0 N–H and O–H groups in total. The molecule has 0 unspecified atom stereocenters. The molecule has 0 saturated heterocycles. The molecule has 0 amide bonds. The van der Waals surface area contributed by atoms with Gasteiger partial charge in [-0.2, -0.15) is 0 Å². The molecule has 0 fully saturated rings. The summed E-state index contributed by atoms with van der Waals surface area (Å²) in [6.07, 6.45) is 1.96. The third-order valence-electron chi connectivity index (χ3n) is 2.27. The van der Waals surface area contributed by atoms with Gasteiger partial charge in [0.25, 0.3) is 0 Å². The van der Waals surface area contributed by atoms with E-state index < -0.39 is 0 Å². The molecule has 0 spiro atoms. The average molecular weight is 270 g/mol. The fourth-order valence-corrected chi connectivity index (χ4v) is 1.91. The van der Waals surface area contributed by atoms with E-state index >= 15 is 0 Å². The zero-order chi connectivity index (χ0) is 13.4. The van der Waals surface area contributed by atoms with Gasteiger partial charge in [0.1, 0.15) is 12.4 Å². The van der Waals surface area contributed by atoms with E-state index in [1.165, 1.54) is 7.11 Å². The van der Waals surface area contributed by atoms with E-state index in [1.54, 1.807) is 23.9 Å². The van der Waals surface area contributed by atoms with Gasteiger partial charge in [-0.25, -0.2) is 4.79 Å². The first-order valence-electron chi connectivity index (χ1n) is 5.69. The summed E-state index contributed by atoms with van der Waals surface area (Å²) in [4.78, 5) is 12.4. The van der Waals surface area contributed by atoms with Gasteiger partial charge < -0.3 is 14.2 Å². The fourth-order valence-electron chi connectivity index (χ4n) is 1.39. The molecule has 0 aliphatic carbocycles. The van der Waals surface area contributed by atoms with Crippen LogP contribution in [0.1, 0.15) is 17.3 Å². The maximum atomic E-state index is 11.4. The van der Waals surface area contributed by atoms with Crippen LogP contribution in [0.15, 0.2) is 23.1 Å². The molecule has 1 aromatic rings. The summed E-state index contributed by atoms with van der Waals surface area (Å²) < 4.78 is 15.5. The number of hydrogen-bond donors (Lipinski definition) is 0. The SMILES string of the molecule is CCOCCOc1cc(C(=O)OC)ccc1SC. The molecule has 0 radical (unpaired) electrons. The number of esters is 1. The van der Waals surface area contributed by atoms with Gasteiger partial charge in [-0.1, -0.05) is 0 Å². The molecule has 5 heteroatoms. The molecule has 0 heterocycles. The predicted octanol–water partition coefficient (Wildman–Crippen LogP) is 2.61. The average Bonchev–Trinajstić information content (AvgIpc) is 2.42. The van der Waals surface area contributed by atoms with Crippen LogP contribution in [-0.2, 0) is 9.47 Å². The second kappa shape index (κ2) is 8.00. The summed E-state index contributed by atoms with van der Waals surface area (Å²) in [5, 5.41) is 0. The second-order valence-corrected chi connectivity index (χ2v) is 4.25. The van der Waals surface area contributed by atoms with E-state index in [2.05, 4.69) is 4.74 Å². The normalized spacial score (nSPS) is 10.2. The Labute approximate surface area is 112 Å². The van der Waals surface area contributed by atoms with Crippen molar-refractivity contribution in [2.45, 2.75) is 11.8 Å². The smallest absolute Gasteiger partial charge is 0.337 e. The van der Waals surface area contributed by atoms with Crippen molar-refractivity contribution in [3.63, 3.8) is 0 Å². The first-order chi connectivity index (χ1) is 8.72. The Morgan fingerprint density at radius 2 is 2.11 bits per heavy atom. The van der Waals surface area contributed by atoms with Crippen LogP contribution in [-0.4, -0.2) is 39.2 Å². The molecule has 100 valence electrons. The van der Waals surface area contributed by atoms with Crippen molar-refractivity contribution in [1.82, 2.24) is 0 Å². The van der Waals surface area contributed by atoms with Gasteiger partial charge in [0, 0.05) is 11.5 Å². The first-order valence-corrected chi connectivity index (χ1v) is 6.92. The van der Waals surface area contributed by atoms with Crippen LogP contribution in [0.3, 0.4) is 0 Å². The fraction of sp³-hybridized carbons (Fsp3) is 0.462. The second-order valence-electron chi connectivity index (χ2n) is 3.40. The van der Waals surface area contributed by atoms with Crippen molar-refractivity contribution in [3.8, 4) is 5.75 Å². The number of carbonyl (C=O) groups is 1. The molecule has 1 aromatic carbocycles. The summed E-state index contributed by atoms with van der Waals surface area (Å²) in [5.41, 5.74) is 0.488. The van der Waals surface area contributed by atoms with Crippen LogP contribution in [0.4, 0.5) is 0 Å². The lowest BCUT2D eigenvalue weighted by Crippen LogP contribution is -2.08. The molecule has 0 bridgehead atoms.